The maximum Gasteiger partial charge on any atom is 0.317 e. The molecule has 0 saturated heterocycles. The third-order valence-corrected chi connectivity index (χ3v) is 2.79. The summed E-state index contributed by atoms with van der Waals surface area (Å²) in [6.45, 7) is 3.44. The first-order chi connectivity index (χ1) is 7.79. The minimum Gasteiger partial charge on any atom is -0.335 e. The first-order valence-electron chi connectivity index (χ1n) is 5.89. The number of nitrogens with zero attached hydrogens (tertiary/aromatic N) is 1. The Bertz CT molecular complexity index is 346. The van der Waals surface area contributed by atoms with Crippen molar-refractivity contribution in [2.24, 2.45) is 0 Å². The van der Waals surface area contributed by atoms with Crippen LogP contribution in [0.25, 0.3) is 0 Å². The van der Waals surface area contributed by atoms with Crippen LogP contribution in [0.2, 0.25) is 0 Å². The van der Waals surface area contributed by atoms with E-state index in [0.29, 0.717) is 12.6 Å². The molecule has 0 spiro atoms. The summed E-state index contributed by atoms with van der Waals surface area (Å²) in [6.07, 6.45) is 2.27. The lowest BCUT2D eigenvalue weighted by Crippen LogP contribution is -2.40. The maximum atomic E-state index is 11.8. The molecule has 1 fully saturated rings. The fourth-order valence-corrected chi connectivity index (χ4v) is 1.62. The molecule has 1 aromatic carbocycles. The van der Waals surface area contributed by atoms with E-state index in [1.807, 2.05) is 42.2 Å². The predicted octanol–water partition coefficient (Wildman–Crippen LogP) is 2.38. The topological polar surface area (TPSA) is 32.3 Å². The van der Waals surface area contributed by atoms with Gasteiger partial charge in [-0.15, -0.1) is 0 Å². The summed E-state index contributed by atoms with van der Waals surface area (Å²) in [7, 11) is 0. The molecular formula is C13H18N2O. The molecule has 0 radical (unpaired) electrons. The number of carbonyl (C=O) groups is 1. The van der Waals surface area contributed by atoms with E-state index >= 15 is 0 Å². The van der Waals surface area contributed by atoms with Crippen LogP contribution in [-0.4, -0.2) is 23.5 Å². The van der Waals surface area contributed by atoms with E-state index in [2.05, 4.69) is 5.32 Å². The van der Waals surface area contributed by atoms with Gasteiger partial charge in [0.25, 0.3) is 0 Å². The largest absolute Gasteiger partial charge is 0.335 e. The second-order valence-electron chi connectivity index (χ2n) is 4.22. The smallest absolute Gasteiger partial charge is 0.317 e. The van der Waals surface area contributed by atoms with Gasteiger partial charge in [0.1, 0.15) is 0 Å². The summed E-state index contributed by atoms with van der Waals surface area (Å²) in [5, 5.41) is 3.01. The summed E-state index contributed by atoms with van der Waals surface area (Å²) in [5.74, 6) is 0. The van der Waals surface area contributed by atoms with Crippen LogP contribution in [0.5, 0.6) is 0 Å². The number of hydrogen-bond donors (Lipinski definition) is 1. The van der Waals surface area contributed by atoms with E-state index in [4.69, 9.17) is 0 Å². The molecule has 0 unspecified atom stereocenters. The standard InChI is InChI=1S/C13H18N2O/c1-2-15(13(16)14-12-8-9-12)10-11-6-4-3-5-7-11/h3-7,12H,2,8-10H2,1H3,(H,14,16). The van der Waals surface area contributed by atoms with Gasteiger partial charge in [0.05, 0.1) is 0 Å². The molecule has 86 valence electrons. The lowest BCUT2D eigenvalue weighted by molar-refractivity contribution is 0.197. The highest BCUT2D eigenvalue weighted by Gasteiger charge is 2.25. The van der Waals surface area contributed by atoms with E-state index in [1.165, 1.54) is 5.56 Å². The van der Waals surface area contributed by atoms with Crippen LogP contribution in [0.15, 0.2) is 30.3 Å². The van der Waals surface area contributed by atoms with Gasteiger partial charge in [-0.2, -0.15) is 0 Å². The average Bonchev–Trinajstić information content (AvgIpc) is 3.11. The second kappa shape index (κ2) is 5.01. The number of hydrogen-bond acceptors (Lipinski definition) is 1. The van der Waals surface area contributed by atoms with Crippen LogP contribution < -0.4 is 5.32 Å². The van der Waals surface area contributed by atoms with Crippen molar-refractivity contribution in [3.05, 3.63) is 35.9 Å². The van der Waals surface area contributed by atoms with E-state index in [0.717, 1.165) is 19.4 Å². The molecule has 0 aliphatic heterocycles. The Morgan fingerprint density at radius 1 is 1.38 bits per heavy atom. The van der Waals surface area contributed by atoms with Crippen molar-refractivity contribution in [2.75, 3.05) is 6.54 Å². The summed E-state index contributed by atoms with van der Waals surface area (Å²) in [5.41, 5.74) is 1.18. The van der Waals surface area contributed by atoms with Crippen LogP contribution in [0.1, 0.15) is 25.3 Å². The van der Waals surface area contributed by atoms with Gasteiger partial charge in [-0.25, -0.2) is 4.79 Å². The van der Waals surface area contributed by atoms with Gasteiger partial charge in [0, 0.05) is 19.1 Å². The van der Waals surface area contributed by atoms with Gasteiger partial charge in [0.15, 0.2) is 0 Å². The molecule has 3 nitrogen and oxygen atoms in total. The Balaban J connectivity index is 1.91. The Morgan fingerprint density at radius 2 is 2.06 bits per heavy atom. The highest BCUT2D eigenvalue weighted by Crippen LogP contribution is 2.19. The van der Waals surface area contributed by atoms with Gasteiger partial charge in [-0.1, -0.05) is 30.3 Å². The van der Waals surface area contributed by atoms with Crippen molar-refractivity contribution in [3.63, 3.8) is 0 Å². The summed E-state index contributed by atoms with van der Waals surface area (Å²) < 4.78 is 0. The van der Waals surface area contributed by atoms with Crippen molar-refractivity contribution < 1.29 is 4.79 Å². The normalized spacial score (nSPS) is 14.6. The fraction of sp³-hybridized carbons (Fsp3) is 0.462. The lowest BCUT2D eigenvalue weighted by atomic mass is 10.2. The van der Waals surface area contributed by atoms with Crippen LogP contribution in [-0.2, 0) is 6.54 Å². The van der Waals surface area contributed by atoms with Crippen molar-refractivity contribution in [1.29, 1.82) is 0 Å². The first-order valence-corrected chi connectivity index (χ1v) is 5.89. The van der Waals surface area contributed by atoms with E-state index in [9.17, 15) is 4.79 Å². The number of carbonyl (C=O) groups excluding carboxylic acids is 1. The molecule has 0 atom stereocenters. The monoisotopic (exact) mass is 218 g/mol. The zero-order valence-corrected chi connectivity index (χ0v) is 9.65. The molecule has 1 aliphatic carbocycles. The minimum atomic E-state index is 0.0638. The van der Waals surface area contributed by atoms with E-state index < -0.39 is 0 Å². The number of amides is 2. The fourth-order valence-electron chi connectivity index (χ4n) is 1.62. The zero-order chi connectivity index (χ0) is 11.4. The number of nitrogens with one attached hydrogen (secondary N) is 1. The van der Waals surface area contributed by atoms with Gasteiger partial charge >= 0.3 is 6.03 Å². The second-order valence-corrected chi connectivity index (χ2v) is 4.22. The average molecular weight is 218 g/mol. The molecule has 16 heavy (non-hydrogen) atoms. The Morgan fingerprint density at radius 3 is 2.62 bits per heavy atom. The van der Waals surface area contributed by atoms with Crippen molar-refractivity contribution in [3.8, 4) is 0 Å². The van der Waals surface area contributed by atoms with Crippen molar-refractivity contribution in [2.45, 2.75) is 32.4 Å². The molecule has 2 amide bonds. The highest BCUT2D eigenvalue weighted by atomic mass is 16.2. The van der Waals surface area contributed by atoms with E-state index in [1.54, 1.807) is 0 Å². The lowest BCUT2D eigenvalue weighted by Gasteiger charge is -2.21. The SMILES string of the molecule is CCN(Cc1ccccc1)C(=O)NC1CC1. The highest BCUT2D eigenvalue weighted by molar-refractivity contribution is 5.74. The molecule has 1 N–H and O–H groups in total. The number of rotatable bonds is 4. The molecule has 0 heterocycles. The molecular weight excluding hydrogens is 200 g/mol. The molecule has 1 aromatic rings. The van der Waals surface area contributed by atoms with Crippen LogP contribution in [0, 0.1) is 0 Å². The molecule has 0 bridgehead atoms. The summed E-state index contributed by atoms with van der Waals surface area (Å²) in [6, 6.07) is 10.6. The van der Waals surface area contributed by atoms with Gasteiger partial charge in [-0.05, 0) is 25.3 Å². The third-order valence-electron chi connectivity index (χ3n) is 2.79. The first kappa shape index (κ1) is 11.0. The van der Waals surface area contributed by atoms with Crippen LogP contribution in [0.3, 0.4) is 0 Å². The van der Waals surface area contributed by atoms with Crippen molar-refractivity contribution in [1.82, 2.24) is 10.2 Å². The number of urea groups is 1. The quantitative estimate of drug-likeness (QED) is 0.826. The Hall–Kier alpha value is -1.51. The number of benzene rings is 1. The molecule has 2 rings (SSSR count). The summed E-state index contributed by atoms with van der Waals surface area (Å²) >= 11 is 0. The predicted molar refractivity (Wildman–Crippen MR) is 64.1 cm³/mol. The maximum absolute atomic E-state index is 11.8. The zero-order valence-electron chi connectivity index (χ0n) is 9.65. The molecule has 1 saturated carbocycles. The molecule has 1 aliphatic rings. The Kier molecular flexibility index (Phi) is 3.44. The molecule has 0 aromatic heterocycles. The Labute approximate surface area is 96.5 Å². The van der Waals surface area contributed by atoms with Crippen LogP contribution >= 0.6 is 0 Å². The van der Waals surface area contributed by atoms with Gasteiger partial charge in [-0.3, -0.25) is 0 Å². The van der Waals surface area contributed by atoms with Gasteiger partial charge in [0.2, 0.25) is 0 Å². The summed E-state index contributed by atoms with van der Waals surface area (Å²) in [4.78, 5) is 13.7. The van der Waals surface area contributed by atoms with Crippen LogP contribution in [0.4, 0.5) is 4.79 Å². The molecule has 3 heteroatoms. The minimum absolute atomic E-state index is 0.0638. The van der Waals surface area contributed by atoms with Gasteiger partial charge < -0.3 is 10.2 Å². The third kappa shape index (κ3) is 2.99. The van der Waals surface area contributed by atoms with Crippen molar-refractivity contribution >= 4 is 6.03 Å². The van der Waals surface area contributed by atoms with E-state index in [-0.39, 0.29) is 6.03 Å².